The van der Waals surface area contributed by atoms with E-state index in [0.29, 0.717) is 12.5 Å². The molecule has 1 unspecified atom stereocenters. The predicted molar refractivity (Wildman–Crippen MR) is 48.7 cm³/mol. The van der Waals surface area contributed by atoms with Gasteiger partial charge in [0, 0.05) is 13.2 Å². The highest BCUT2D eigenvalue weighted by atomic mass is 16.5. The molecule has 0 heterocycles. The Labute approximate surface area is 74.7 Å². The van der Waals surface area contributed by atoms with Gasteiger partial charge in [-0.05, 0) is 19.4 Å². The summed E-state index contributed by atoms with van der Waals surface area (Å²) in [6.45, 7) is 5.67. The molecule has 0 aromatic rings. The lowest BCUT2D eigenvalue weighted by atomic mass is 10.2. The largest absolute Gasteiger partial charge is 0.381 e. The van der Waals surface area contributed by atoms with Gasteiger partial charge in [-0.25, -0.2) is 0 Å². The summed E-state index contributed by atoms with van der Waals surface area (Å²) in [4.78, 5) is 0. The molecule has 0 bridgehead atoms. The molecule has 3 heteroatoms. The van der Waals surface area contributed by atoms with Gasteiger partial charge in [-0.3, -0.25) is 0 Å². The summed E-state index contributed by atoms with van der Waals surface area (Å²) in [5, 5.41) is 11.5. The first-order valence-corrected chi connectivity index (χ1v) is 4.35. The number of nitriles is 1. The average Bonchev–Trinajstić information content (AvgIpc) is 2.04. The monoisotopic (exact) mass is 170 g/mol. The second-order valence-corrected chi connectivity index (χ2v) is 3.23. The molecule has 0 aromatic heterocycles. The molecule has 0 fully saturated rings. The topological polar surface area (TPSA) is 45.0 Å². The third kappa shape index (κ3) is 6.14. The SMILES string of the molecule is CNC(C#N)CCOCC(C)C. The molecule has 1 atom stereocenters. The molecule has 0 aliphatic carbocycles. The van der Waals surface area contributed by atoms with Crippen molar-refractivity contribution >= 4 is 0 Å². The Morgan fingerprint density at radius 2 is 2.17 bits per heavy atom. The zero-order valence-corrected chi connectivity index (χ0v) is 8.13. The van der Waals surface area contributed by atoms with Gasteiger partial charge in [-0.2, -0.15) is 5.26 Å². The number of rotatable bonds is 6. The van der Waals surface area contributed by atoms with Crippen molar-refractivity contribution in [1.82, 2.24) is 5.32 Å². The minimum atomic E-state index is -0.0721. The molecule has 0 saturated carbocycles. The van der Waals surface area contributed by atoms with Gasteiger partial charge >= 0.3 is 0 Å². The van der Waals surface area contributed by atoms with Crippen molar-refractivity contribution in [2.24, 2.45) is 5.92 Å². The fourth-order valence-electron chi connectivity index (χ4n) is 0.794. The highest BCUT2D eigenvalue weighted by Crippen LogP contribution is 1.95. The van der Waals surface area contributed by atoms with Gasteiger partial charge < -0.3 is 10.1 Å². The van der Waals surface area contributed by atoms with Crippen LogP contribution in [-0.2, 0) is 4.74 Å². The van der Waals surface area contributed by atoms with Crippen LogP contribution in [0, 0.1) is 17.2 Å². The Kier molecular flexibility index (Phi) is 6.73. The molecule has 0 radical (unpaired) electrons. The number of nitrogens with zero attached hydrogens (tertiary/aromatic N) is 1. The molecule has 0 rings (SSSR count). The van der Waals surface area contributed by atoms with Crippen molar-refractivity contribution < 1.29 is 4.74 Å². The molecule has 0 aliphatic heterocycles. The first kappa shape index (κ1) is 11.4. The van der Waals surface area contributed by atoms with Gasteiger partial charge in [0.25, 0.3) is 0 Å². The number of ether oxygens (including phenoxy) is 1. The Morgan fingerprint density at radius 3 is 2.58 bits per heavy atom. The van der Waals surface area contributed by atoms with Crippen LogP contribution in [0.25, 0.3) is 0 Å². The van der Waals surface area contributed by atoms with Crippen molar-refractivity contribution in [1.29, 1.82) is 5.26 Å². The van der Waals surface area contributed by atoms with Crippen LogP contribution >= 0.6 is 0 Å². The van der Waals surface area contributed by atoms with Crippen LogP contribution in [0.2, 0.25) is 0 Å². The van der Waals surface area contributed by atoms with Gasteiger partial charge in [0.05, 0.1) is 12.1 Å². The molecule has 0 amide bonds. The number of nitrogens with one attached hydrogen (secondary N) is 1. The van der Waals surface area contributed by atoms with Crippen LogP contribution in [0.15, 0.2) is 0 Å². The summed E-state index contributed by atoms with van der Waals surface area (Å²) in [5.74, 6) is 0.570. The lowest BCUT2D eigenvalue weighted by Crippen LogP contribution is -2.24. The van der Waals surface area contributed by atoms with Gasteiger partial charge in [0.2, 0.25) is 0 Å². The first-order chi connectivity index (χ1) is 5.70. The van der Waals surface area contributed by atoms with Crippen molar-refractivity contribution in [3.05, 3.63) is 0 Å². The zero-order chi connectivity index (χ0) is 9.40. The first-order valence-electron chi connectivity index (χ1n) is 4.35. The third-order valence-electron chi connectivity index (χ3n) is 1.51. The van der Waals surface area contributed by atoms with Crippen LogP contribution in [0.5, 0.6) is 0 Å². The minimum Gasteiger partial charge on any atom is -0.381 e. The molecular formula is C9H18N2O. The molecule has 0 aliphatic rings. The van der Waals surface area contributed by atoms with Gasteiger partial charge in [0.15, 0.2) is 0 Å². The predicted octanol–water partition coefficient (Wildman–Crippen LogP) is 1.16. The van der Waals surface area contributed by atoms with Crippen molar-refractivity contribution in [2.75, 3.05) is 20.3 Å². The van der Waals surface area contributed by atoms with Crippen molar-refractivity contribution in [3.63, 3.8) is 0 Å². The number of hydrogen-bond donors (Lipinski definition) is 1. The quantitative estimate of drug-likeness (QED) is 0.608. The lowest BCUT2D eigenvalue weighted by Gasteiger charge is -2.09. The summed E-state index contributed by atoms with van der Waals surface area (Å²) in [5.41, 5.74) is 0. The smallest absolute Gasteiger partial charge is 0.0972 e. The zero-order valence-electron chi connectivity index (χ0n) is 8.13. The van der Waals surface area contributed by atoms with Crippen LogP contribution in [0.4, 0.5) is 0 Å². The summed E-state index contributed by atoms with van der Waals surface area (Å²) in [6, 6.07) is 2.08. The fourth-order valence-corrected chi connectivity index (χ4v) is 0.794. The van der Waals surface area contributed by atoms with Crippen LogP contribution in [-0.4, -0.2) is 26.3 Å². The third-order valence-corrected chi connectivity index (χ3v) is 1.51. The fraction of sp³-hybridized carbons (Fsp3) is 0.889. The molecule has 0 saturated heterocycles. The second-order valence-electron chi connectivity index (χ2n) is 3.23. The Bertz CT molecular complexity index is 140. The highest BCUT2D eigenvalue weighted by molar-refractivity contribution is 4.87. The van der Waals surface area contributed by atoms with Crippen molar-refractivity contribution in [3.8, 4) is 6.07 Å². The highest BCUT2D eigenvalue weighted by Gasteiger charge is 2.02. The van der Waals surface area contributed by atoms with E-state index in [9.17, 15) is 0 Å². The van der Waals surface area contributed by atoms with Crippen LogP contribution < -0.4 is 5.32 Å². The van der Waals surface area contributed by atoms with E-state index in [4.69, 9.17) is 10.00 Å². The van der Waals surface area contributed by atoms with Gasteiger partial charge in [0.1, 0.15) is 0 Å². The molecule has 0 spiro atoms. The second kappa shape index (κ2) is 7.08. The molecular weight excluding hydrogens is 152 g/mol. The van der Waals surface area contributed by atoms with E-state index in [-0.39, 0.29) is 6.04 Å². The van der Waals surface area contributed by atoms with E-state index < -0.39 is 0 Å². The Balaban J connectivity index is 3.25. The summed E-state index contributed by atoms with van der Waals surface area (Å²) < 4.78 is 5.34. The maximum absolute atomic E-state index is 8.57. The van der Waals surface area contributed by atoms with E-state index in [2.05, 4.69) is 25.2 Å². The Hall–Kier alpha value is -0.590. The van der Waals surface area contributed by atoms with Crippen molar-refractivity contribution in [2.45, 2.75) is 26.3 Å². The normalized spacial score (nSPS) is 12.9. The van der Waals surface area contributed by atoms with E-state index in [1.807, 2.05) is 0 Å². The molecule has 12 heavy (non-hydrogen) atoms. The minimum absolute atomic E-state index is 0.0721. The van der Waals surface area contributed by atoms with Gasteiger partial charge in [-0.15, -0.1) is 0 Å². The number of hydrogen-bond acceptors (Lipinski definition) is 3. The van der Waals surface area contributed by atoms with Crippen LogP contribution in [0.1, 0.15) is 20.3 Å². The van der Waals surface area contributed by atoms with E-state index in [1.54, 1.807) is 7.05 Å². The van der Waals surface area contributed by atoms with Gasteiger partial charge in [-0.1, -0.05) is 13.8 Å². The standard InChI is InChI=1S/C9H18N2O/c1-8(2)7-12-5-4-9(6-10)11-3/h8-9,11H,4-5,7H2,1-3H3. The summed E-state index contributed by atoms with van der Waals surface area (Å²) in [6.07, 6.45) is 0.764. The molecule has 0 aromatic carbocycles. The maximum Gasteiger partial charge on any atom is 0.0972 e. The molecule has 3 nitrogen and oxygen atoms in total. The summed E-state index contributed by atoms with van der Waals surface area (Å²) >= 11 is 0. The summed E-state index contributed by atoms with van der Waals surface area (Å²) in [7, 11) is 1.79. The molecule has 70 valence electrons. The van der Waals surface area contributed by atoms with E-state index in [1.165, 1.54) is 0 Å². The maximum atomic E-state index is 8.57. The lowest BCUT2D eigenvalue weighted by molar-refractivity contribution is 0.105. The molecule has 1 N–H and O–H groups in total. The van der Waals surface area contributed by atoms with E-state index >= 15 is 0 Å². The average molecular weight is 170 g/mol. The van der Waals surface area contributed by atoms with E-state index in [0.717, 1.165) is 13.0 Å². The van der Waals surface area contributed by atoms with Crippen LogP contribution in [0.3, 0.4) is 0 Å². The Morgan fingerprint density at radius 1 is 1.50 bits per heavy atom.